The molecule has 0 nitrogen and oxygen atoms in total. The molecular weight excluding hydrogens is 489 g/mol. The molecule has 80 valence electrons. The van der Waals surface area contributed by atoms with Crippen LogP contribution in [-0.2, 0) is 21.3 Å². The molecule has 0 bridgehead atoms. The quantitative estimate of drug-likeness (QED) is 0.436. The Morgan fingerprint density at radius 3 is 2.13 bits per heavy atom. The molecule has 1 aromatic carbocycles. The molecule has 0 amide bonds. The summed E-state index contributed by atoms with van der Waals surface area (Å²) in [6.45, 7) is 6.59. The van der Waals surface area contributed by atoms with Crippen LogP contribution in [0.15, 0.2) is 17.7 Å². The monoisotopic (exact) mass is 502 g/mol. The Balaban J connectivity index is 0.000000337. The molecule has 0 heterocycles. The van der Waals surface area contributed by atoms with Gasteiger partial charge in [-0.25, -0.2) is 0 Å². The molecule has 0 aliphatic heterocycles. The van der Waals surface area contributed by atoms with Crippen molar-refractivity contribution in [1.29, 1.82) is 0 Å². The molecular formula is C12H14I2Zr. The Morgan fingerprint density at radius 2 is 1.60 bits per heavy atom. The van der Waals surface area contributed by atoms with Gasteiger partial charge in [0.1, 0.15) is 0 Å². The fourth-order valence-corrected chi connectivity index (χ4v) is 1.90. The first kappa shape index (κ1) is 14.4. The van der Waals surface area contributed by atoms with Crippen molar-refractivity contribution in [2.24, 2.45) is 0 Å². The molecule has 0 atom stereocenters. The number of rotatable bonds is 0. The van der Waals surface area contributed by atoms with Gasteiger partial charge in [-0.3, -0.25) is 0 Å². The van der Waals surface area contributed by atoms with Crippen LogP contribution in [0.2, 0.25) is 0 Å². The van der Waals surface area contributed by atoms with E-state index in [0.717, 1.165) is 6.42 Å². The Labute approximate surface area is 122 Å². The fourth-order valence-electron chi connectivity index (χ4n) is 1.90. The third-order valence-electron chi connectivity index (χ3n) is 2.66. The van der Waals surface area contributed by atoms with Crippen molar-refractivity contribution < 1.29 is 14.9 Å². The van der Waals surface area contributed by atoms with Gasteiger partial charge in [-0.2, -0.15) is 0 Å². The SMILES string of the molecule is CC1=Cc2c(C)ccc(C)c2C1.[I][Zr][I]. The summed E-state index contributed by atoms with van der Waals surface area (Å²) >= 11 is 5.06. The minimum atomic E-state index is 0.170. The maximum absolute atomic E-state index is 2.45. The minimum absolute atomic E-state index is 0.170. The Morgan fingerprint density at radius 1 is 1.07 bits per heavy atom. The molecule has 0 radical (unpaired) electrons. The average Bonchev–Trinajstić information content (AvgIpc) is 2.56. The van der Waals surface area contributed by atoms with E-state index < -0.39 is 0 Å². The zero-order chi connectivity index (χ0) is 11.4. The van der Waals surface area contributed by atoms with Crippen LogP contribution in [0.5, 0.6) is 0 Å². The molecule has 0 fully saturated rings. The van der Waals surface area contributed by atoms with Crippen molar-refractivity contribution in [3.05, 3.63) is 40.0 Å². The van der Waals surface area contributed by atoms with Crippen LogP contribution in [0.3, 0.4) is 0 Å². The number of benzene rings is 1. The van der Waals surface area contributed by atoms with Gasteiger partial charge in [0.05, 0.1) is 0 Å². The number of fused-ring (bicyclic) bond motifs is 1. The number of hydrogen-bond acceptors (Lipinski definition) is 0. The molecule has 0 unspecified atom stereocenters. The Bertz CT molecular complexity index is 383. The number of allylic oxidation sites excluding steroid dienone is 1. The molecule has 0 aromatic heterocycles. The van der Waals surface area contributed by atoms with Gasteiger partial charge in [0.25, 0.3) is 0 Å². The maximum atomic E-state index is 2.45. The van der Waals surface area contributed by atoms with Crippen LogP contribution in [-0.4, -0.2) is 0 Å². The van der Waals surface area contributed by atoms with Crippen LogP contribution in [0.25, 0.3) is 6.08 Å². The zero-order valence-corrected chi connectivity index (χ0v) is 16.0. The zero-order valence-electron chi connectivity index (χ0n) is 9.20. The van der Waals surface area contributed by atoms with Crippen molar-refractivity contribution in [2.45, 2.75) is 27.2 Å². The summed E-state index contributed by atoms with van der Waals surface area (Å²) in [4.78, 5) is 0. The van der Waals surface area contributed by atoms with Crippen LogP contribution in [0.1, 0.15) is 29.2 Å². The molecule has 3 heteroatoms. The Kier molecular flexibility index (Phi) is 6.61. The van der Waals surface area contributed by atoms with E-state index in [1.807, 2.05) is 0 Å². The molecule has 0 saturated carbocycles. The molecule has 2 rings (SSSR count). The van der Waals surface area contributed by atoms with E-state index in [1.54, 1.807) is 0 Å². The van der Waals surface area contributed by atoms with Gasteiger partial charge in [0, 0.05) is 0 Å². The van der Waals surface area contributed by atoms with Crippen LogP contribution >= 0.6 is 36.1 Å². The van der Waals surface area contributed by atoms with E-state index >= 15 is 0 Å². The van der Waals surface area contributed by atoms with Gasteiger partial charge in [-0.1, -0.05) is 23.8 Å². The molecule has 1 aromatic rings. The molecule has 0 spiro atoms. The molecule has 1 aliphatic rings. The number of hydrogen-bond donors (Lipinski definition) is 0. The first-order valence-electron chi connectivity index (χ1n) is 4.82. The molecule has 15 heavy (non-hydrogen) atoms. The van der Waals surface area contributed by atoms with Crippen LogP contribution in [0, 0.1) is 13.8 Å². The summed E-state index contributed by atoms with van der Waals surface area (Å²) in [6.07, 6.45) is 3.47. The second-order valence-electron chi connectivity index (χ2n) is 3.83. The van der Waals surface area contributed by atoms with Gasteiger partial charge in [0.15, 0.2) is 0 Å². The summed E-state index contributed by atoms with van der Waals surface area (Å²) in [5.41, 5.74) is 7.33. The summed E-state index contributed by atoms with van der Waals surface area (Å²) in [5, 5.41) is 0. The van der Waals surface area contributed by atoms with E-state index in [0.29, 0.717) is 0 Å². The van der Waals surface area contributed by atoms with Crippen molar-refractivity contribution in [1.82, 2.24) is 0 Å². The van der Waals surface area contributed by atoms with Crippen LogP contribution in [0.4, 0.5) is 0 Å². The van der Waals surface area contributed by atoms with Crippen molar-refractivity contribution in [3.63, 3.8) is 0 Å². The average molecular weight is 503 g/mol. The van der Waals surface area contributed by atoms with Crippen molar-refractivity contribution in [2.75, 3.05) is 0 Å². The first-order chi connectivity index (χ1) is 7.10. The van der Waals surface area contributed by atoms with Gasteiger partial charge in [0.2, 0.25) is 0 Å². The van der Waals surface area contributed by atoms with E-state index in [2.05, 4.69) is 75.1 Å². The van der Waals surface area contributed by atoms with E-state index in [4.69, 9.17) is 0 Å². The van der Waals surface area contributed by atoms with Crippen LogP contribution < -0.4 is 0 Å². The topological polar surface area (TPSA) is 0 Å². The van der Waals surface area contributed by atoms with Gasteiger partial charge in [-0.15, -0.1) is 0 Å². The van der Waals surface area contributed by atoms with Gasteiger partial charge >= 0.3 is 50.9 Å². The second-order valence-corrected chi connectivity index (χ2v) is 22.8. The van der Waals surface area contributed by atoms with E-state index in [1.165, 1.54) is 27.8 Å². The first-order valence-corrected chi connectivity index (χ1v) is 19.4. The predicted octanol–water partition coefficient (Wildman–Crippen LogP) is 5.03. The molecule has 0 saturated heterocycles. The third-order valence-corrected chi connectivity index (χ3v) is 2.66. The van der Waals surface area contributed by atoms with Gasteiger partial charge in [-0.05, 0) is 49.4 Å². The molecule has 0 N–H and O–H groups in total. The van der Waals surface area contributed by atoms with E-state index in [-0.39, 0.29) is 14.9 Å². The number of aryl methyl sites for hydroxylation is 2. The predicted molar refractivity (Wildman–Crippen MR) is 81.3 cm³/mol. The summed E-state index contributed by atoms with van der Waals surface area (Å²) < 4.78 is 0. The third kappa shape index (κ3) is 3.91. The van der Waals surface area contributed by atoms with E-state index in [9.17, 15) is 0 Å². The summed E-state index contributed by atoms with van der Waals surface area (Å²) in [6, 6.07) is 4.43. The van der Waals surface area contributed by atoms with Crippen molar-refractivity contribution >= 4 is 42.2 Å². The van der Waals surface area contributed by atoms with Crippen molar-refractivity contribution in [3.8, 4) is 0 Å². The molecule has 1 aliphatic carbocycles. The number of halogens is 2. The normalized spacial score (nSPS) is 12.5. The standard InChI is InChI=1S/C12H14.2HI.Zr/c1-8-6-11-9(2)4-5-10(3)12(11)7-8;;;/h4-6H,7H2,1-3H3;2*1H;/q;;;+2/p-2. The Hall–Kier alpha value is 1.30. The summed E-state index contributed by atoms with van der Waals surface area (Å²) in [7, 11) is 0. The summed E-state index contributed by atoms with van der Waals surface area (Å²) in [5.74, 6) is 0. The second kappa shape index (κ2) is 6.90. The fraction of sp³-hybridized carbons (Fsp3) is 0.333. The van der Waals surface area contributed by atoms with Gasteiger partial charge < -0.3 is 0 Å².